The quantitative estimate of drug-likeness (QED) is 0.242. The Kier molecular flexibility index (Phi) is 5.37. The van der Waals surface area contributed by atoms with Crippen molar-refractivity contribution in [3.63, 3.8) is 0 Å². The standard InChI is InChI=1S/C36H26N2/c1-25-11-10-16-28(21-25)29-19-20-32-31-17-8-9-18-35(31)38(36(32)22-29)30-23-33(26-12-4-2-5-13-26)37-34(24-30)27-14-6-3-7-15-27/h2-24H,1H3. The van der Waals surface area contributed by atoms with E-state index in [0.717, 1.165) is 28.2 Å². The van der Waals surface area contributed by atoms with Crippen molar-refractivity contribution in [1.29, 1.82) is 0 Å². The average Bonchev–Trinajstić information content (AvgIpc) is 3.31. The lowest BCUT2D eigenvalue weighted by atomic mass is 10.0. The van der Waals surface area contributed by atoms with E-state index in [0.29, 0.717) is 0 Å². The average molecular weight is 487 g/mol. The van der Waals surface area contributed by atoms with Crippen LogP contribution in [0.25, 0.3) is 61.1 Å². The molecule has 0 spiro atoms. The molecule has 7 aromatic rings. The van der Waals surface area contributed by atoms with Gasteiger partial charge in [0.1, 0.15) is 0 Å². The number of rotatable bonds is 4. The molecule has 0 atom stereocenters. The molecule has 5 aromatic carbocycles. The summed E-state index contributed by atoms with van der Waals surface area (Å²) < 4.78 is 2.39. The van der Waals surface area contributed by atoms with Crippen molar-refractivity contribution in [2.24, 2.45) is 0 Å². The summed E-state index contributed by atoms with van der Waals surface area (Å²) in [6, 6.07) is 49.5. The molecular weight excluding hydrogens is 460 g/mol. The lowest BCUT2D eigenvalue weighted by molar-refractivity contribution is 1.16. The number of aromatic nitrogens is 2. The Morgan fingerprint density at radius 1 is 0.447 bits per heavy atom. The molecule has 0 amide bonds. The second-order valence-corrected chi connectivity index (χ2v) is 9.78. The van der Waals surface area contributed by atoms with Gasteiger partial charge in [0.25, 0.3) is 0 Å². The van der Waals surface area contributed by atoms with Crippen LogP contribution in [0.4, 0.5) is 0 Å². The number of benzene rings is 5. The van der Waals surface area contributed by atoms with Crippen LogP contribution in [0.2, 0.25) is 0 Å². The van der Waals surface area contributed by atoms with Gasteiger partial charge in [-0.05, 0) is 42.3 Å². The highest BCUT2D eigenvalue weighted by atomic mass is 15.0. The molecule has 2 heterocycles. The van der Waals surface area contributed by atoms with Gasteiger partial charge in [-0.25, -0.2) is 4.98 Å². The Morgan fingerprint density at radius 2 is 1.03 bits per heavy atom. The Bertz CT molecular complexity index is 1860. The van der Waals surface area contributed by atoms with E-state index >= 15 is 0 Å². The van der Waals surface area contributed by atoms with Gasteiger partial charge in [-0.3, -0.25) is 0 Å². The zero-order valence-corrected chi connectivity index (χ0v) is 21.2. The lowest BCUT2D eigenvalue weighted by Gasteiger charge is -2.14. The number of para-hydroxylation sites is 1. The van der Waals surface area contributed by atoms with Crippen molar-refractivity contribution < 1.29 is 0 Å². The van der Waals surface area contributed by atoms with E-state index in [9.17, 15) is 0 Å². The molecule has 2 heteroatoms. The molecule has 0 unspecified atom stereocenters. The van der Waals surface area contributed by atoms with Crippen LogP contribution in [0.3, 0.4) is 0 Å². The molecule has 0 saturated heterocycles. The fraction of sp³-hybridized carbons (Fsp3) is 0.0278. The minimum Gasteiger partial charge on any atom is -0.309 e. The summed E-state index contributed by atoms with van der Waals surface area (Å²) in [5, 5.41) is 2.49. The summed E-state index contributed by atoms with van der Waals surface area (Å²) in [5.74, 6) is 0. The molecule has 38 heavy (non-hydrogen) atoms. The Morgan fingerprint density at radius 3 is 1.71 bits per heavy atom. The van der Waals surface area contributed by atoms with Crippen LogP contribution in [0.15, 0.2) is 140 Å². The first kappa shape index (κ1) is 22.3. The van der Waals surface area contributed by atoms with Crippen LogP contribution in [0, 0.1) is 6.92 Å². The molecule has 0 radical (unpaired) electrons. The first-order valence-electron chi connectivity index (χ1n) is 13.0. The van der Waals surface area contributed by atoms with Crippen LogP contribution in [-0.2, 0) is 0 Å². The maximum Gasteiger partial charge on any atom is 0.0730 e. The third-order valence-corrected chi connectivity index (χ3v) is 7.23. The lowest BCUT2D eigenvalue weighted by Crippen LogP contribution is -1.98. The normalized spacial score (nSPS) is 11.3. The maximum atomic E-state index is 5.11. The number of pyridine rings is 1. The molecule has 0 N–H and O–H groups in total. The topological polar surface area (TPSA) is 17.8 Å². The summed E-state index contributed by atoms with van der Waals surface area (Å²) in [6.45, 7) is 2.15. The SMILES string of the molecule is Cc1cccc(-c2ccc3c4ccccc4n(-c4cc(-c5ccccc5)nc(-c5ccccc5)c4)c3c2)c1. The molecule has 0 saturated carbocycles. The van der Waals surface area contributed by atoms with E-state index in [-0.39, 0.29) is 0 Å². The third kappa shape index (κ3) is 3.88. The summed E-state index contributed by atoms with van der Waals surface area (Å²) in [7, 11) is 0. The molecule has 0 aliphatic carbocycles. The van der Waals surface area contributed by atoms with Crippen molar-refractivity contribution >= 4 is 21.8 Å². The van der Waals surface area contributed by atoms with Gasteiger partial charge in [-0.15, -0.1) is 0 Å². The van der Waals surface area contributed by atoms with Crippen molar-refractivity contribution in [3.05, 3.63) is 145 Å². The highest BCUT2D eigenvalue weighted by molar-refractivity contribution is 6.10. The molecule has 0 bridgehead atoms. The third-order valence-electron chi connectivity index (χ3n) is 7.23. The molecule has 7 rings (SSSR count). The number of hydrogen-bond donors (Lipinski definition) is 0. The van der Waals surface area contributed by atoms with Crippen LogP contribution < -0.4 is 0 Å². The summed E-state index contributed by atoms with van der Waals surface area (Å²) >= 11 is 0. The molecular formula is C36H26N2. The number of nitrogens with zero attached hydrogens (tertiary/aromatic N) is 2. The van der Waals surface area contributed by atoms with Crippen molar-refractivity contribution in [2.45, 2.75) is 6.92 Å². The van der Waals surface area contributed by atoms with Gasteiger partial charge in [-0.1, -0.05) is 121 Å². The largest absolute Gasteiger partial charge is 0.309 e. The Hall–Kier alpha value is -4.95. The second kappa shape index (κ2) is 9.17. The van der Waals surface area contributed by atoms with E-state index in [4.69, 9.17) is 4.98 Å². The zero-order chi connectivity index (χ0) is 25.5. The van der Waals surface area contributed by atoms with Crippen LogP contribution >= 0.6 is 0 Å². The van der Waals surface area contributed by atoms with E-state index in [1.165, 1.54) is 38.5 Å². The number of fused-ring (bicyclic) bond motifs is 3. The van der Waals surface area contributed by atoms with E-state index in [2.05, 4.69) is 139 Å². The Balaban J connectivity index is 1.54. The minimum absolute atomic E-state index is 0.961. The van der Waals surface area contributed by atoms with Gasteiger partial charge in [0.15, 0.2) is 0 Å². The zero-order valence-electron chi connectivity index (χ0n) is 21.2. The molecule has 0 aliphatic heterocycles. The van der Waals surface area contributed by atoms with Gasteiger partial charge in [0.05, 0.1) is 28.1 Å². The predicted molar refractivity (Wildman–Crippen MR) is 160 cm³/mol. The Labute approximate surface area is 222 Å². The van der Waals surface area contributed by atoms with Gasteiger partial charge < -0.3 is 4.57 Å². The summed E-state index contributed by atoms with van der Waals surface area (Å²) in [5.41, 5.74) is 11.3. The monoisotopic (exact) mass is 486 g/mol. The highest BCUT2D eigenvalue weighted by Crippen LogP contribution is 2.36. The van der Waals surface area contributed by atoms with Crippen LogP contribution in [0.1, 0.15) is 5.56 Å². The first-order valence-corrected chi connectivity index (χ1v) is 13.0. The molecule has 0 aliphatic rings. The number of aryl methyl sites for hydroxylation is 1. The summed E-state index contributed by atoms with van der Waals surface area (Å²) in [4.78, 5) is 5.11. The maximum absolute atomic E-state index is 5.11. The first-order chi connectivity index (χ1) is 18.7. The van der Waals surface area contributed by atoms with Gasteiger partial charge in [0.2, 0.25) is 0 Å². The van der Waals surface area contributed by atoms with Crippen LogP contribution in [-0.4, -0.2) is 9.55 Å². The molecule has 2 nitrogen and oxygen atoms in total. The van der Waals surface area contributed by atoms with E-state index < -0.39 is 0 Å². The fourth-order valence-electron chi connectivity index (χ4n) is 5.41. The molecule has 180 valence electrons. The van der Waals surface area contributed by atoms with Crippen molar-refractivity contribution in [3.8, 4) is 39.3 Å². The van der Waals surface area contributed by atoms with E-state index in [1.54, 1.807) is 0 Å². The summed E-state index contributed by atoms with van der Waals surface area (Å²) in [6.07, 6.45) is 0. The minimum atomic E-state index is 0.961. The molecule has 2 aromatic heterocycles. The predicted octanol–water partition coefficient (Wildman–Crippen LogP) is 9.49. The van der Waals surface area contributed by atoms with Gasteiger partial charge in [-0.2, -0.15) is 0 Å². The van der Waals surface area contributed by atoms with Crippen molar-refractivity contribution in [1.82, 2.24) is 9.55 Å². The van der Waals surface area contributed by atoms with Gasteiger partial charge in [0, 0.05) is 21.9 Å². The van der Waals surface area contributed by atoms with Crippen LogP contribution in [0.5, 0.6) is 0 Å². The smallest absolute Gasteiger partial charge is 0.0730 e. The number of hydrogen-bond acceptors (Lipinski definition) is 1. The fourth-order valence-corrected chi connectivity index (χ4v) is 5.41. The highest BCUT2D eigenvalue weighted by Gasteiger charge is 2.16. The van der Waals surface area contributed by atoms with Gasteiger partial charge >= 0.3 is 0 Å². The second-order valence-electron chi connectivity index (χ2n) is 9.78. The van der Waals surface area contributed by atoms with E-state index in [1.807, 2.05) is 12.1 Å². The molecule has 0 fully saturated rings. The van der Waals surface area contributed by atoms with Crippen molar-refractivity contribution in [2.75, 3.05) is 0 Å².